The van der Waals surface area contributed by atoms with Crippen LogP contribution in [-0.2, 0) is 11.3 Å². The number of ether oxygens (including phenoxy) is 1. The third kappa shape index (κ3) is 6.42. The largest absolute Gasteiger partial charge is 0.494 e. The minimum Gasteiger partial charge on any atom is -0.494 e. The molecular formula is C25H27N5O4S. The van der Waals surface area contributed by atoms with Gasteiger partial charge in [0.2, 0.25) is 15.9 Å². The molecule has 1 atom stereocenters. The molecule has 0 spiro atoms. The van der Waals surface area contributed by atoms with Crippen LogP contribution in [0.15, 0.2) is 54.6 Å². The van der Waals surface area contributed by atoms with Crippen LogP contribution in [0.3, 0.4) is 0 Å². The van der Waals surface area contributed by atoms with Crippen molar-refractivity contribution in [2.45, 2.75) is 26.3 Å². The molecule has 10 heteroatoms. The molecule has 0 aliphatic carbocycles. The predicted octanol–water partition coefficient (Wildman–Crippen LogP) is 3.36. The molecule has 1 aromatic heterocycles. The van der Waals surface area contributed by atoms with E-state index in [0.717, 1.165) is 22.6 Å². The maximum atomic E-state index is 13.0. The van der Waals surface area contributed by atoms with Crippen molar-refractivity contribution >= 4 is 34.7 Å². The van der Waals surface area contributed by atoms with Gasteiger partial charge in [0.15, 0.2) is 0 Å². The molecule has 3 aromatic rings. The molecule has 0 saturated carbocycles. The highest BCUT2D eigenvalue weighted by Gasteiger charge is 2.30. The van der Waals surface area contributed by atoms with E-state index in [2.05, 4.69) is 20.8 Å². The van der Waals surface area contributed by atoms with E-state index in [9.17, 15) is 14.4 Å². The summed E-state index contributed by atoms with van der Waals surface area (Å²) in [7, 11) is 0. The molecule has 2 heterocycles. The lowest BCUT2D eigenvalue weighted by molar-refractivity contribution is -0.126. The molecule has 3 amide bonds. The molecule has 35 heavy (non-hydrogen) atoms. The van der Waals surface area contributed by atoms with Crippen LogP contribution in [0.2, 0.25) is 0 Å². The second-order valence-electron chi connectivity index (χ2n) is 8.12. The van der Waals surface area contributed by atoms with Gasteiger partial charge in [0.1, 0.15) is 5.75 Å². The number of nitrogens with one attached hydrogen (secondary N) is 2. The number of nitrogens with zero attached hydrogens (tertiary/aromatic N) is 3. The second-order valence-corrected chi connectivity index (χ2v) is 9.10. The Morgan fingerprint density at radius 3 is 2.54 bits per heavy atom. The molecule has 2 N–H and O–H groups in total. The zero-order chi connectivity index (χ0) is 24.6. The predicted molar refractivity (Wildman–Crippen MR) is 132 cm³/mol. The number of aromatic nitrogens is 2. The summed E-state index contributed by atoms with van der Waals surface area (Å²) < 4.78 is 5.44. The van der Waals surface area contributed by atoms with Gasteiger partial charge in [-0.3, -0.25) is 14.4 Å². The number of para-hydroxylation sites is 1. The highest BCUT2D eigenvalue weighted by atomic mass is 32.1. The summed E-state index contributed by atoms with van der Waals surface area (Å²) >= 11 is 0.947. The second kappa shape index (κ2) is 11.6. The number of rotatable bonds is 8. The van der Waals surface area contributed by atoms with Gasteiger partial charge in [-0.15, -0.1) is 10.2 Å². The minimum absolute atomic E-state index is 0.0865. The molecular weight excluding hydrogens is 466 g/mol. The first-order valence-corrected chi connectivity index (χ1v) is 12.3. The van der Waals surface area contributed by atoms with Crippen molar-refractivity contribution in [3.8, 4) is 5.75 Å². The Bertz CT molecular complexity index is 1170. The molecule has 0 bridgehead atoms. The first-order valence-electron chi connectivity index (χ1n) is 11.5. The number of piperidine rings is 1. The van der Waals surface area contributed by atoms with Crippen molar-refractivity contribution in [2.24, 2.45) is 5.92 Å². The number of hydrogen-bond acceptors (Lipinski definition) is 7. The molecule has 2 aromatic carbocycles. The van der Waals surface area contributed by atoms with Crippen LogP contribution in [0.25, 0.3) is 0 Å². The molecule has 9 nitrogen and oxygen atoms in total. The zero-order valence-corrected chi connectivity index (χ0v) is 20.2. The van der Waals surface area contributed by atoms with Crippen LogP contribution in [0.1, 0.15) is 44.9 Å². The van der Waals surface area contributed by atoms with E-state index in [1.54, 1.807) is 17.0 Å². The van der Waals surface area contributed by atoms with E-state index in [-0.39, 0.29) is 27.7 Å². The Hall–Kier alpha value is -3.79. The van der Waals surface area contributed by atoms with Gasteiger partial charge in [-0.25, -0.2) is 0 Å². The van der Waals surface area contributed by atoms with E-state index < -0.39 is 5.91 Å². The van der Waals surface area contributed by atoms with Crippen molar-refractivity contribution < 1.29 is 19.1 Å². The van der Waals surface area contributed by atoms with Crippen LogP contribution in [-0.4, -0.2) is 52.5 Å². The number of hydrogen-bond donors (Lipinski definition) is 2. The van der Waals surface area contributed by atoms with Gasteiger partial charge in [-0.2, -0.15) is 0 Å². The van der Waals surface area contributed by atoms with Crippen molar-refractivity contribution in [3.05, 3.63) is 70.2 Å². The lowest BCUT2D eigenvalue weighted by Crippen LogP contribution is -2.45. The fourth-order valence-electron chi connectivity index (χ4n) is 3.82. The van der Waals surface area contributed by atoms with Gasteiger partial charge in [0.25, 0.3) is 11.8 Å². The Labute approximate surface area is 207 Å². The van der Waals surface area contributed by atoms with E-state index in [1.165, 1.54) is 0 Å². The molecule has 4 rings (SSSR count). The number of anilines is 1. The van der Waals surface area contributed by atoms with Crippen LogP contribution in [0.5, 0.6) is 5.75 Å². The molecule has 0 radical (unpaired) electrons. The quantitative estimate of drug-likeness (QED) is 0.498. The van der Waals surface area contributed by atoms with Crippen LogP contribution in [0.4, 0.5) is 5.69 Å². The molecule has 1 aliphatic rings. The summed E-state index contributed by atoms with van der Waals surface area (Å²) in [5.74, 6) is -0.328. The Kier molecular flexibility index (Phi) is 8.04. The Balaban J connectivity index is 1.30. The fraction of sp³-hybridized carbons (Fsp3) is 0.320. The van der Waals surface area contributed by atoms with Crippen molar-refractivity contribution in [1.29, 1.82) is 0 Å². The van der Waals surface area contributed by atoms with Gasteiger partial charge < -0.3 is 20.3 Å². The number of likely N-dealkylation sites (tertiary alicyclic amines) is 1. The van der Waals surface area contributed by atoms with Gasteiger partial charge in [-0.05, 0) is 49.6 Å². The smallest absolute Gasteiger partial charge is 0.286 e. The van der Waals surface area contributed by atoms with Crippen LogP contribution in [0, 0.1) is 5.92 Å². The lowest BCUT2D eigenvalue weighted by atomic mass is 9.97. The first-order chi connectivity index (χ1) is 17.0. The number of carbonyl (C=O) groups is 3. The Morgan fingerprint density at radius 1 is 1.06 bits per heavy atom. The standard InChI is InChI=1S/C25H27N5O4S/c1-2-34-20-12-10-17(11-13-20)15-26-21(31)18-7-6-14-30(16-18)25(33)24-29-28-23(35-24)22(32)27-19-8-4-3-5-9-19/h3-5,8-13,18H,2,6-7,14-16H2,1H3,(H,26,31)(H,27,32)/t18-/m0/s1. The topological polar surface area (TPSA) is 114 Å². The molecule has 1 fully saturated rings. The maximum absolute atomic E-state index is 13.0. The highest BCUT2D eigenvalue weighted by Crippen LogP contribution is 2.21. The molecule has 0 unspecified atom stereocenters. The summed E-state index contributed by atoms with van der Waals surface area (Å²) in [5.41, 5.74) is 1.61. The minimum atomic E-state index is -0.419. The summed E-state index contributed by atoms with van der Waals surface area (Å²) in [6, 6.07) is 16.6. The molecule has 182 valence electrons. The first kappa shape index (κ1) is 24.3. The molecule has 1 aliphatic heterocycles. The summed E-state index contributed by atoms with van der Waals surface area (Å²) in [5, 5.41) is 13.8. The van der Waals surface area contributed by atoms with Crippen molar-refractivity contribution in [3.63, 3.8) is 0 Å². The van der Waals surface area contributed by atoms with E-state index in [0.29, 0.717) is 44.8 Å². The normalized spacial score (nSPS) is 15.3. The fourth-order valence-corrected chi connectivity index (χ4v) is 4.53. The number of benzene rings is 2. The maximum Gasteiger partial charge on any atom is 0.286 e. The SMILES string of the molecule is CCOc1ccc(CNC(=O)[C@H]2CCCN(C(=O)c3nnc(C(=O)Nc4ccccc4)s3)C2)cc1. The van der Waals surface area contributed by atoms with Crippen molar-refractivity contribution in [2.75, 3.05) is 25.0 Å². The van der Waals surface area contributed by atoms with E-state index >= 15 is 0 Å². The zero-order valence-electron chi connectivity index (χ0n) is 19.4. The lowest BCUT2D eigenvalue weighted by Gasteiger charge is -2.31. The van der Waals surface area contributed by atoms with Gasteiger partial charge in [-0.1, -0.05) is 41.7 Å². The van der Waals surface area contributed by atoms with Crippen LogP contribution >= 0.6 is 11.3 Å². The highest BCUT2D eigenvalue weighted by molar-refractivity contribution is 7.15. The number of amides is 3. The van der Waals surface area contributed by atoms with E-state index in [1.807, 2.05) is 49.4 Å². The average molecular weight is 494 g/mol. The van der Waals surface area contributed by atoms with Gasteiger partial charge >= 0.3 is 0 Å². The summed E-state index contributed by atoms with van der Waals surface area (Å²) in [6.45, 7) is 3.78. The monoisotopic (exact) mass is 493 g/mol. The Morgan fingerprint density at radius 2 is 1.80 bits per heavy atom. The van der Waals surface area contributed by atoms with Crippen LogP contribution < -0.4 is 15.4 Å². The van der Waals surface area contributed by atoms with Crippen molar-refractivity contribution in [1.82, 2.24) is 20.4 Å². The third-order valence-electron chi connectivity index (χ3n) is 5.61. The third-order valence-corrected chi connectivity index (χ3v) is 6.52. The van der Waals surface area contributed by atoms with Gasteiger partial charge in [0.05, 0.1) is 12.5 Å². The molecule has 1 saturated heterocycles. The average Bonchev–Trinajstić information content (AvgIpc) is 3.39. The van der Waals surface area contributed by atoms with E-state index in [4.69, 9.17) is 4.74 Å². The summed E-state index contributed by atoms with van der Waals surface area (Å²) in [6.07, 6.45) is 1.42. The number of carbonyl (C=O) groups excluding carboxylic acids is 3. The van der Waals surface area contributed by atoms with Gasteiger partial charge in [0, 0.05) is 25.3 Å². The summed E-state index contributed by atoms with van der Waals surface area (Å²) in [4.78, 5) is 39.8.